The van der Waals surface area contributed by atoms with Gasteiger partial charge in [-0.2, -0.15) is 0 Å². The maximum Gasteiger partial charge on any atom is 0.220 e. The molecule has 2 saturated heterocycles. The zero-order valence-electron chi connectivity index (χ0n) is 10.7. The first-order valence-corrected chi connectivity index (χ1v) is 6.83. The highest BCUT2D eigenvalue weighted by molar-refractivity contribution is 5.76. The van der Waals surface area contributed by atoms with E-state index in [0.29, 0.717) is 18.3 Å². The number of carbonyl (C=O) groups is 1. The molecule has 2 aliphatic heterocycles. The van der Waals surface area contributed by atoms with Gasteiger partial charge >= 0.3 is 0 Å². The smallest absolute Gasteiger partial charge is 0.220 e. The summed E-state index contributed by atoms with van der Waals surface area (Å²) in [5.74, 6) is 1.23. The van der Waals surface area contributed by atoms with Crippen LogP contribution in [0.5, 0.6) is 0 Å². The normalized spacial score (nSPS) is 31.1. The third-order valence-electron chi connectivity index (χ3n) is 3.93. The molecule has 17 heavy (non-hydrogen) atoms. The number of hydrogen-bond acceptors (Lipinski definition) is 3. The van der Waals surface area contributed by atoms with Crippen molar-refractivity contribution >= 4 is 5.91 Å². The second kappa shape index (κ2) is 6.36. The molecular weight excluding hydrogens is 216 g/mol. The minimum atomic E-state index is 0.207. The van der Waals surface area contributed by atoms with Crippen LogP contribution in [-0.4, -0.2) is 38.3 Å². The Morgan fingerprint density at radius 1 is 1.53 bits per heavy atom. The third-order valence-corrected chi connectivity index (χ3v) is 3.93. The maximum atomic E-state index is 11.9. The number of nitrogens with one attached hydrogen (secondary N) is 2. The lowest BCUT2D eigenvalue weighted by atomic mass is 9.95. The second-order valence-electron chi connectivity index (χ2n) is 5.40. The molecule has 0 radical (unpaired) electrons. The molecule has 3 unspecified atom stereocenters. The minimum absolute atomic E-state index is 0.207. The Bertz CT molecular complexity index is 246. The fraction of sp³-hybridized carbons (Fsp3) is 0.923. The molecule has 4 heteroatoms. The Labute approximate surface area is 103 Å². The predicted molar refractivity (Wildman–Crippen MR) is 66.7 cm³/mol. The zero-order chi connectivity index (χ0) is 12.1. The van der Waals surface area contributed by atoms with Crippen LogP contribution < -0.4 is 10.6 Å². The predicted octanol–water partition coefficient (Wildman–Crippen LogP) is 0.917. The Kier molecular flexibility index (Phi) is 4.80. The van der Waals surface area contributed by atoms with Crippen molar-refractivity contribution in [3.63, 3.8) is 0 Å². The molecule has 0 aromatic heterocycles. The third kappa shape index (κ3) is 3.96. The van der Waals surface area contributed by atoms with Crippen LogP contribution in [0.4, 0.5) is 0 Å². The average molecular weight is 240 g/mol. The van der Waals surface area contributed by atoms with E-state index in [1.54, 1.807) is 0 Å². The van der Waals surface area contributed by atoms with Gasteiger partial charge in [-0.3, -0.25) is 4.79 Å². The van der Waals surface area contributed by atoms with E-state index in [0.717, 1.165) is 32.7 Å². The van der Waals surface area contributed by atoms with Gasteiger partial charge in [-0.1, -0.05) is 0 Å². The molecule has 2 heterocycles. The van der Waals surface area contributed by atoms with Gasteiger partial charge in [0.1, 0.15) is 0 Å². The van der Waals surface area contributed by atoms with Gasteiger partial charge in [0.25, 0.3) is 0 Å². The number of rotatable bonds is 4. The Hall–Kier alpha value is -0.610. The van der Waals surface area contributed by atoms with Crippen LogP contribution >= 0.6 is 0 Å². The zero-order valence-corrected chi connectivity index (χ0v) is 10.7. The van der Waals surface area contributed by atoms with Crippen LogP contribution in [0.3, 0.4) is 0 Å². The number of carbonyl (C=O) groups excluding carboxylic acids is 1. The van der Waals surface area contributed by atoms with Crippen molar-refractivity contribution in [1.29, 1.82) is 0 Å². The van der Waals surface area contributed by atoms with E-state index in [2.05, 4.69) is 17.6 Å². The summed E-state index contributed by atoms with van der Waals surface area (Å²) in [7, 11) is 0. The summed E-state index contributed by atoms with van der Waals surface area (Å²) in [6.07, 6.45) is 4.13. The summed E-state index contributed by atoms with van der Waals surface area (Å²) in [6, 6.07) is 0.251. The van der Waals surface area contributed by atoms with Crippen molar-refractivity contribution in [2.24, 2.45) is 11.8 Å². The standard InChI is InChI=1S/C13H24N2O2/c1-10(12-4-6-17-9-12)15-13(16)7-11-3-2-5-14-8-11/h10-12,14H,2-9H2,1H3,(H,15,16). The van der Waals surface area contributed by atoms with E-state index >= 15 is 0 Å². The molecule has 0 saturated carbocycles. The van der Waals surface area contributed by atoms with Gasteiger partial charge in [-0.15, -0.1) is 0 Å². The first kappa shape index (κ1) is 12.8. The number of hydrogen-bond donors (Lipinski definition) is 2. The molecule has 1 amide bonds. The lowest BCUT2D eigenvalue weighted by Crippen LogP contribution is -2.40. The van der Waals surface area contributed by atoms with Crippen LogP contribution in [0.1, 0.15) is 32.6 Å². The van der Waals surface area contributed by atoms with E-state index in [1.807, 2.05) is 0 Å². The van der Waals surface area contributed by atoms with Crippen LogP contribution in [0.25, 0.3) is 0 Å². The van der Waals surface area contributed by atoms with E-state index in [4.69, 9.17) is 4.74 Å². The van der Waals surface area contributed by atoms with Gasteiger partial charge in [-0.05, 0) is 45.2 Å². The summed E-state index contributed by atoms with van der Waals surface area (Å²) >= 11 is 0. The molecule has 2 rings (SSSR count). The van der Waals surface area contributed by atoms with Crippen molar-refractivity contribution in [2.75, 3.05) is 26.3 Å². The molecule has 98 valence electrons. The van der Waals surface area contributed by atoms with Gasteiger partial charge in [0.05, 0.1) is 6.61 Å². The molecule has 2 fully saturated rings. The minimum Gasteiger partial charge on any atom is -0.381 e. The maximum absolute atomic E-state index is 11.9. The summed E-state index contributed by atoms with van der Waals surface area (Å²) in [6.45, 7) is 5.84. The van der Waals surface area contributed by atoms with Gasteiger partial charge in [0.2, 0.25) is 5.91 Å². The van der Waals surface area contributed by atoms with Gasteiger partial charge in [0.15, 0.2) is 0 Å². The quantitative estimate of drug-likeness (QED) is 0.768. The van der Waals surface area contributed by atoms with Gasteiger partial charge < -0.3 is 15.4 Å². The molecule has 2 N–H and O–H groups in total. The van der Waals surface area contributed by atoms with Crippen molar-refractivity contribution in [3.8, 4) is 0 Å². The second-order valence-corrected chi connectivity index (χ2v) is 5.40. The van der Waals surface area contributed by atoms with Crippen molar-refractivity contribution in [1.82, 2.24) is 10.6 Å². The largest absolute Gasteiger partial charge is 0.381 e. The molecule has 0 aromatic rings. The molecule has 0 bridgehead atoms. The molecule has 4 nitrogen and oxygen atoms in total. The first-order valence-electron chi connectivity index (χ1n) is 6.83. The monoisotopic (exact) mass is 240 g/mol. The van der Waals surface area contributed by atoms with Crippen molar-refractivity contribution in [3.05, 3.63) is 0 Å². The van der Waals surface area contributed by atoms with E-state index in [1.165, 1.54) is 12.8 Å². The Morgan fingerprint density at radius 3 is 3.06 bits per heavy atom. The van der Waals surface area contributed by atoms with Crippen LogP contribution in [0.2, 0.25) is 0 Å². The fourth-order valence-corrected chi connectivity index (χ4v) is 2.74. The molecular formula is C13H24N2O2. The fourth-order valence-electron chi connectivity index (χ4n) is 2.74. The number of amides is 1. The highest BCUT2D eigenvalue weighted by Gasteiger charge is 2.24. The van der Waals surface area contributed by atoms with E-state index in [-0.39, 0.29) is 11.9 Å². The first-order chi connectivity index (χ1) is 8.25. The van der Waals surface area contributed by atoms with Crippen LogP contribution in [-0.2, 0) is 9.53 Å². The molecule has 0 aliphatic carbocycles. The van der Waals surface area contributed by atoms with Gasteiger partial charge in [-0.25, -0.2) is 0 Å². The molecule has 3 atom stereocenters. The van der Waals surface area contributed by atoms with Gasteiger partial charge in [0, 0.05) is 25.0 Å². The summed E-state index contributed by atoms with van der Waals surface area (Å²) < 4.78 is 5.35. The number of ether oxygens (including phenoxy) is 1. The number of piperidine rings is 1. The molecule has 0 spiro atoms. The lowest BCUT2D eigenvalue weighted by molar-refractivity contribution is -0.123. The topological polar surface area (TPSA) is 50.4 Å². The average Bonchev–Trinajstić information content (AvgIpc) is 2.83. The Morgan fingerprint density at radius 2 is 2.41 bits per heavy atom. The van der Waals surface area contributed by atoms with Crippen molar-refractivity contribution in [2.45, 2.75) is 38.6 Å². The highest BCUT2D eigenvalue weighted by Crippen LogP contribution is 2.18. The SMILES string of the molecule is CC(NC(=O)CC1CCCNC1)C1CCOC1. The van der Waals surface area contributed by atoms with Crippen molar-refractivity contribution < 1.29 is 9.53 Å². The summed E-state index contributed by atoms with van der Waals surface area (Å²) in [5, 5.41) is 6.47. The lowest BCUT2D eigenvalue weighted by Gasteiger charge is -2.24. The van der Waals surface area contributed by atoms with E-state index in [9.17, 15) is 4.79 Å². The van der Waals surface area contributed by atoms with Crippen LogP contribution in [0, 0.1) is 11.8 Å². The van der Waals surface area contributed by atoms with E-state index < -0.39 is 0 Å². The van der Waals surface area contributed by atoms with Crippen LogP contribution in [0.15, 0.2) is 0 Å². The molecule has 2 aliphatic rings. The summed E-state index contributed by atoms with van der Waals surface area (Å²) in [4.78, 5) is 11.9. The summed E-state index contributed by atoms with van der Waals surface area (Å²) in [5.41, 5.74) is 0. The highest BCUT2D eigenvalue weighted by atomic mass is 16.5. The molecule has 0 aromatic carbocycles. The Balaban J connectivity index is 1.68.